The summed E-state index contributed by atoms with van der Waals surface area (Å²) in [7, 11) is 0. The van der Waals surface area contributed by atoms with Crippen molar-refractivity contribution in [1.82, 2.24) is 0 Å². The van der Waals surface area contributed by atoms with Crippen LogP contribution >= 0.6 is 0 Å². The molecule has 102 valence electrons. The second kappa shape index (κ2) is 5.83. The van der Waals surface area contributed by atoms with Crippen LogP contribution in [0.4, 0.5) is 5.69 Å². The molecule has 0 aromatic heterocycles. The van der Waals surface area contributed by atoms with Crippen LogP contribution in [-0.2, 0) is 6.61 Å². The van der Waals surface area contributed by atoms with Crippen LogP contribution in [-0.4, -0.2) is 16.3 Å². The number of aldehydes is 1. The number of nitro groups is 1. The Morgan fingerprint density at radius 3 is 2.70 bits per heavy atom. The van der Waals surface area contributed by atoms with Gasteiger partial charge in [-0.3, -0.25) is 14.9 Å². The van der Waals surface area contributed by atoms with Gasteiger partial charge in [-0.2, -0.15) is 0 Å². The normalized spacial score (nSPS) is 10.0. The standard InChI is InChI=1S/C14H11NO5/c16-8-10-4-5-14(13(7-10)15(18)19)20-9-11-2-1-3-12(17)6-11/h1-8,17H,9H2. The third kappa shape index (κ3) is 3.11. The van der Waals surface area contributed by atoms with Crippen LogP contribution in [0.25, 0.3) is 0 Å². The van der Waals surface area contributed by atoms with Crippen LogP contribution in [0.15, 0.2) is 42.5 Å². The summed E-state index contributed by atoms with van der Waals surface area (Å²) >= 11 is 0. The molecule has 0 spiro atoms. The van der Waals surface area contributed by atoms with E-state index in [1.54, 1.807) is 12.1 Å². The molecule has 0 fully saturated rings. The smallest absolute Gasteiger partial charge is 0.311 e. The Morgan fingerprint density at radius 1 is 1.25 bits per heavy atom. The molecular formula is C14H11NO5. The van der Waals surface area contributed by atoms with Gasteiger partial charge >= 0.3 is 5.69 Å². The molecule has 6 heteroatoms. The average molecular weight is 273 g/mol. The maximum absolute atomic E-state index is 10.9. The zero-order valence-corrected chi connectivity index (χ0v) is 10.4. The molecule has 0 radical (unpaired) electrons. The van der Waals surface area contributed by atoms with Crippen LogP contribution in [0, 0.1) is 10.1 Å². The van der Waals surface area contributed by atoms with E-state index < -0.39 is 4.92 Å². The van der Waals surface area contributed by atoms with Gasteiger partial charge in [0.05, 0.1) is 4.92 Å². The highest BCUT2D eigenvalue weighted by Gasteiger charge is 2.16. The summed E-state index contributed by atoms with van der Waals surface area (Å²) in [4.78, 5) is 20.9. The summed E-state index contributed by atoms with van der Waals surface area (Å²) in [6.07, 6.45) is 0.534. The Labute approximate surface area is 114 Å². The molecule has 6 nitrogen and oxygen atoms in total. The molecule has 0 heterocycles. The zero-order chi connectivity index (χ0) is 14.5. The van der Waals surface area contributed by atoms with Gasteiger partial charge in [0.1, 0.15) is 18.6 Å². The monoisotopic (exact) mass is 273 g/mol. The molecule has 0 aliphatic heterocycles. The maximum atomic E-state index is 10.9. The number of benzene rings is 2. The number of nitrogens with zero attached hydrogens (tertiary/aromatic N) is 1. The number of ether oxygens (including phenoxy) is 1. The first-order chi connectivity index (χ1) is 9.60. The summed E-state index contributed by atoms with van der Waals surface area (Å²) in [5.74, 6) is 0.167. The average Bonchev–Trinajstić information content (AvgIpc) is 2.45. The van der Waals surface area contributed by atoms with Gasteiger partial charge < -0.3 is 9.84 Å². The van der Waals surface area contributed by atoms with E-state index in [-0.39, 0.29) is 29.4 Å². The minimum absolute atomic E-state index is 0.0731. The van der Waals surface area contributed by atoms with Crippen molar-refractivity contribution in [3.63, 3.8) is 0 Å². The van der Waals surface area contributed by atoms with Gasteiger partial charge in [0, 0.05) is 11.6 Å². The molecule has 0 saturated heterocycles. The minimum atomic E-state index is -0.606. The number of hydrogen-bond donors (Lipinski definition) is 1. The molecule has 0 aliphatic rings. The molecule has 2 aromatic carbocycles. The highest BCUT2D eigenvalue weighted by atomic mass is 16.6. The summed E-state index contributed by atoms with van der Waals surface area (Å²) in [6.45, 7) is 0.0790. The van der Waals surface area contributed by atoms with E-state index in [1.807, 2.05) is 0 Å². The van der Waals surface area contributed by atoms with Crippen LogP contribution in [0.5, 0.6) is 11.5 Å². The number of carbonyl (C=O) groups is 1. The van der Waals surface area contributed by atoms with Crippen molar-refractivity contribution in [2.45, 2.75) is 6.61 Å². The lowest BCUT2D eigenvalue weighted by Gasteiger charge is -2.07. The number of nitro benzene ring substituents is 1. The fourth-order valence-corrected chi connectivity index (χ4v) is 1.68. The van der Waals surface area contributed by atoms with E-state index in [2.05, 4.69) is 0 Å². The van der Waals surface area contributed by atoms with Crippen molar-refractivity contribution in [3.8, 4) is 11.5 Å². The molecule has 0 amide bonds. The molecule has 0 saturated carbocycles. The van der Waals surface area contributed by atoms with Crippen LogP contribution in [0.1, 0.15) is 15.9 Å². The van der Waals surface area contributed by atoms with Gasteiger partial charge in [-0.15, -0.1) is 0 Å². The van der Waals surface area contributed by atoms with Gasteiger partial charge in [0.25, 0.3) is 0 Å². The quantitative estimate of drug-likeness (QED) is 0.514. The van der Waals surface area contributed by atoms with Crippen molar-refractivity contribution in [1.29, 1.82) is 0 Å². The van der Waals surface area contributed by atoms with Crippen LogP contribution in [0.2, 0.25) is 0 Å². The van der Waals surface area contributed by atoms with Crippen molar-refractivity contribution in [2.24, 2.45) is 0 Å². The van der Waals surface area contributed by atoms with Gasteiger partial charge in [0.15, 0.2) is 5.75 Å². The SMILES string of the molecule is O=Cc1ccc(OCc2cccc(O)c2)c([N+](=O)[O-])c1. The molecule has 0 bridgehead atoms. The Hall–Kier alpha value is -2.89. The van der Waals surface area contributed by atoms with Crippen molar-refractivity contribution in [3.05, 3.63) is 63.7 Å². The molecule has 2 aromatic rings. The largest absolute Gasteiger partial charge is 0.508 e. The summed E-state index contributed by atoms with van der Waals surface area (Å²) in [5, 5.41) is 20.2. The lowest BCUT2D eigenvalue weighted by Crippen LogP contribution is -1.99. The summed E-state index contributed by atoms with van der Waals surface area (Å²) < 4.78 is 5.37. The molecular weight excluding hydrogens is 262 g/mol. The van der Waals surface area contributed by atoms with Crippen molar-refractivity contribution >= 4 is 12.0 Å². The topological polar surface area (TPSA) is 89.7 Å². The van der Waals surface area contributed by atoms with Crippen molar-refractivity contribution in [2.75, 3.05) is 0 Å². The van der Waals surface area contributed by atoms with E-state index in [9.17, 15) is 20.0 Å². The lowest BCUT2D eigenvalue weighted by molar-refractivity contribution is -0.386. The molecule has 2 rings (SSSR count). The predicted molar refractivity (Wildman–Crippen MR) is 70.9 cm³/mol. The second-order valence-corrected chi connectivity index (χ2v) is 4.06. The Kier molecular flexibility index (Phi) is 3.95. The third-order valence-corrected chi connectivity index (χ3v) is 2.62. The molecule has 0 unspecified atom stereocenters. The summed E-state index contributed by atoms with van der Waals surface area (Å²) in [6, 6.07) is 10.4. The number of hydrogen-bond acceptors (Lipinski definition) is 5. The Morgan fingerprint density at radius 2 is 2.05 bits per heavy atom. The number of phenolic OH excluding ortho intramolecular Hbond substituents is 1. The van der Waals surface area contributed by atoms with Crippen molar-refractivity contribution < 1.29 is 19.6 Å². The first kappa shape index (κ1) is 13.5. The van der Waals surface area contributed by atoms with E-state index in [1.165, 1.54) is 24.3 Å². The Bertz CT molecular complexity index is 654. The lowest BCUT2D eigenvalue weighted by atomic mass is 10.2. The third-order valence-electron chi connectivity index (χ3n) is 2.62. The fourth-order valence-electron chi connectivity index (χ4n) is 1.68. The molecule has 20 heavy (non-hydrogen) atoms. The van der Waals surface area contributed by atoms with E-state index in [0.717, 1.165) is 6.07 Å². The highest BCUT2D eigenvalue weighted by Crippen LogP contribution is 2.28. The first-order valence-electron chi connectivity index (χ1n) is 5.74. The predicted octanol–water partition coefficient (Wildman–Crippen LogP) is 2.69. The maximum Gasteiger partial charge on any atom is 0.311 e. The van der Waals surface area contributed by atoms with Crippen LogP contribution in [0.3, 0.4) is 0 Å². The molecule has 1 N–H and O–H groups in total. The molecule has 0 atom stereocenters. The number of carbonyl (C=O) groups excluding carboxylic acids is 1. The van der Waals surface area contributed by atoms with E-state index in [4.69, 9.17) is 4.74 Å². The summed E-state index contributed by atoms with van der Waals surface area (Å²) in [5.41, 5.74) is 0.620. The van der Waals surface area contributed by atoms with Gasteiger partial charge in [-0.1, -0.05) is 12.1 Å². The second-order valence-electron chi connectivity index (χ2n) is 4.06. The Balaban J connectivity index is 2.20. The fraction of sp³-hybridized carbons (Fsp3) is 0.0714. The molecule has 0 aliphatic carbocycles. The van der Waals surface area contributed by atoms with Gasteiger partial charge in [0.2, 0.25) is 0 Å². The van der Waals surface area contributed by atoms with E-state index in [0.29, 0.717) is 11.8 Å². The first-order valence-corrected chi connectivity index (χ1v) is 5.74. The zero-order valence-electron chi connectivity index (χ0n) is 10.4. The van der Waals surface area contributed by atoms with E-state index >= 15 is 0 Å². The van der Waals surface area contributed by atoms with Gasteiger partial charge in [-0.25, -0.2) is 0 Å². The van der Waals surface area contributed by atoms with Crippen LogP contribution < -0.4 is 4.74 Å². The number of phenols is 1. The van der Waals surface area contributed by atoms with Gasteiger partial charge in [-0.05, 0) is 29.8 Å². The minimum Gasteiger partial charge on any atom is -0.508 e. The number of aromatic hydroxyl groups is 1. The number of rotatable bonds is 5. The highest BCUT2D eigenvalue weighted by molar-refractivity contribution is 5.77.